The summed E-state index contributed by atoms with van der Waals surface area (Å²) in [6.45, 7) is 3.14. The van der Waals surface area contributed by atoms with E-state index >= 15 is 0 Å². The molecule has 0 atom stereocenters. The second kappa shape index (κ2) is 6.41. The second-order valence-electron chi connectivity index (χ2n) is 4.89. The van der Waals surface area contributed by atoms with Gasteiger partial charge in [0.25, 0.3) is 0 Å². The maximum atomic E-state index is 12.2. The zero-order valence-corrected chi connectivity index (χ0v) is 12.0. The maximum absolute atomic E-state index is 12.2. The van der Waals surface area contributed by atoms with Crippen molar-refractivity contribution >= 4 is 17.5 Å². The molecule has 5 heteroatoms. The van der Waals surface area contributed by atoms with Gasteiger partial charge < -0.3 is 14.5 Å². The molecule has 1 aromatic rings. The summed E-state index contributed by atoms with van der Waals surface area (Å²) >= 11 is 0. The van der Waals surface area contributed by atoms with Gasteiger partial charge in [0.15, 0.2) is 0 Å². The van der Waals surface area contributed by atoms with Crippen LogP contribution in [0.3, 0.4) is 0 Å². The molecule has 0 N–H and O–H groups in total. The average molecular weight is 276 g/mol. The summed E-state index contributed by atoms with van der Waals surface area (Å²) in [5.41, 5.74) is 0.685. The molecule has 0 aromatic heterocycles. The fraction of sp³-hybridized carbons (Fsp3) is 0.467. The van der Waals surface area contributed by atoms with Gasteiger partial charge in [-0.25, -0.2) is 0 Å². The highest BCUT2D eigenvalue weighted by atomic mass is 16.5. The van der Waals surface area contributed by atoms with Crippen molar-refractivity contribution in [2.45, 2.75) is 19.8 Å². The average Bonchev–Trinajstić information content (AvgIpc) is 2.98. The van der Waals surface area contributed by atoms with E-state index in [1.165, 1.54) is 11.8 Å². The molecule has 0 radical (unpaired) electrons. The second-order valence-corrected chi connectivity index (χ2v) is 4.89. The van der Waals surface area contributed by atoms with Crippen molar-refractivity contribution in [1.29, 1.82) is 0 Å². The molecule has 1 aromatic carbocycles. The third-order valence-corrected chi connectivity index (χ3v) is 3.50. The van der Waals surface area contributed by atoms with Crippen LogP contribution in [-0.4, -0.2) is 43.5 Å². The Morgan fingerprint density at radius 3 is 2.60 bits per heavy atom. The van der Waals surface area contributed by atoms with Crippen LogP contribution < -0.4 is 9.64 Å². The largest absolute Gasteiger partial charge is 0.497 e. The summed E-state index contributed by atoms with van der Waals surface area (Å²) in [5.74, 6) is 0.522. The Balaban J connectivity index is 2.13. The van der Waals surface area contributed by atoms with E-state index in [0.717, 1.165) is 25.9 Å². The van der Waals surface area contributed by atoms with E-state index < -0.39 is 0 Å². The maximum Gasteiger partial charge on any atom is 0.242 e. The number of hydrogen-bond acceptors (Lipinski definition) is 3. The van der Waals surface area contributed by atoms with Crippen molar-refractivity contribution in [3.63, 3.8) is 0 Å². The summed E-state index contributed by atoms with van der Waals surface area (Å²) < 4.78 is 5.16. The molecule has 1 heterocycles. The fourth-order valence-corrected chi connectivity index (χ4v) is 2.36. The summed E-state index contributed by atoms with van der Waals surface area (Å²) in [5, 5.41) is 0. The number of rotatable bonds is 4. The molecule has 5 nitrogen and oxygen atoms in total. The van der Waals surface area contributed by atoms with Crippen LogP contribution in [0.4, 0.5) is 5.69 Å². The zero-order chi connectivity index (χ0) is 14.5. The number of methoxy groups -OCH3 is 1. The van der Waals surface area contributed by atoms with E-state index in [2.05, 4.69) is 0 Å². The Morgan fingerprint density at radius 2 is 2.00 bits per heavy atom. The number of amides is 2. The Hall–Kier alpha value is -2.04. The molecule has 2 rings (SSSR count). The third kappa shape index (κ3) is 3.29. The lowest BCUT2D eigenvalue weighted by atomic mass is 10.2. The van der Waals surface area contributed by atoms with Crippen LogP contribution in [0.5, 0.6) is 5.75 Å². The minimum Gasteiger partial charge on any atom is -0.497 e. The predicted octanol–water partition coefficient (Wildman–Crippen LogP) is 1.67. The van der Waals surface area contributed by atoms with E-state index in [-0.39, 0.29) is 18.4 Å². The molecule has 0 spiro atoms. The monoisotopic (exact) mass is 276 g/mol. The quantitative estimate of drug-likeness (QED) is 0.840. The van der Waals surface area contributed by atoms with Crippen LogP contribution in [0.2, 0.25) is 0 Å². The number of ether oxygens (including phenoxy) is 1. The first-order chi connectivity index (χ1) is 9.61. The Labute approximate surface area is 119 Å². The summed E-state index contributed by atoms with van der Waals surface area (Å²) in [4.78, 5) is 27.3. The molecule has 0 aliphatic carbocycles. The van der Waals surface area contributed by atoms with Crippen molar-refractivity contribution in [3.8, 4) is 5.75 Å². The number of carbonyl (C=O) groups excluding carboxylic acids is 2. The standard InChI is InChI=1S/C15H20N2O3/c1-12(18)17(11-15(19)16-8-3-4-9-16)13-6-5-7-14(10-13)20-2/h5-7,10H,3-4,8-9,11H2,1-2H3. The fourth-order valence-electron chi connectivity index (χ4n) is 2.36. The van der Waals surface area contributed by atoms with Gasteiger partial charge in [0, 0.05) is 31.8 Å². The minimum atomic E-state index is -0.147. The Morgan fingerprint density at radius 1 is 1.30 bits per heavy atom. The van der Waals surface area contributed by atoms with E-state index in [4.69, 9.17) is 4.74 Å². The van der Waals surface area contributed by atoms with Crippen molar-refractivity contribution in [2.24, 2.45) is 0 Å². The van der Waals surface area contributed by atoms with E-state index in [9.17, 15) is 9.59 Å². The first-order valence-electron chi connectivity index (χ1n) is 6.82. The highest BCUT2D eigenvalue weighted by Gasteiger charge is 2.22. The van der Waals surface area contributed by atoms with Gasteiger partial charge in [0.2, 0.25) is 11.8 Å². The van der Waals surface area contributed by atoms with Gasteiger partial charge >= 0.3 is 0 Å². The third-order valence-electron chi connectivity index (χ3n) is 3.50. The minimum absolute atomic E-state index is 0.000481. The summed E-state index contributed by atoms with van der Waals surface area (Å²) in [6, 6.07) is 7.19. The highest BCUT2D eigenvalue weighted by Crippen LogP contribution is 2.21. The molecule has 20 heavy (non-hydrogen) atoms. The van der Waals surface area contributed by atoms with Crippen LogP contribution in [0.1, 0.15) is 19.8 Å². The lowest BCUT2D eigenvalue weighted by Crippen LogP contribution is -2.41. The normalized spacial score (nSPS) is 14.2. The van der Waals surface area contributed by atoms with Gasteiger partial charge in [-0.05, 0) is 25.0 Å². The molecule has 1 aliphatic rings. The molecule has 1 aliphatic heterocycles. The topological polar surface area (TPSA) is 49.9 Å². The van der Waals surface area contributed by atoms with Gasteiger partial charge in [-0.2, -0.15) is 0 Å². The number of benzene rings is 1. The smallest absolute Gasteiger partial charge is 0.242 e. The number of likely N-dealkylation sites (tertiary alicyclic amines) is 1. The van der Waals surface area contributed by atoms with Crippen molar-refractivity contribution < 1.29 is 14.3 Å². The first kappa shape index (κ1) is 14.4. The molecule has 108 valence electrons. The van der Waals surface area contributed by atoms with Gasteiger partial charge in [0.05, 0.1) is 7.11 Å². The van der Waals surface area contributed by atoms with E-state index in [1.807, 2.05) is 17.0 Å². The first-order valence-corrected chi connectivity index (χ1v) is 6.82. The van der Waals surface area contributed by atoms with E-state index in [1.54, 1.807) is 19.2 Å². The Kier molecular flexibility index (Phi) is 4.61. The molecular formula is C15H20N2O3. The van der Waals surface area contributed by atoms with Crippen LogP contribution in [0.25, 0.3) is 0 Å². The molecule has 0 unspecified atom stereocenters. The van der Waals surface area contributed by atoms with Gasteiger partial charge in [-0.1, -0.05) is 6.07 Å². The molecule has 1 saturated heterocycles. The molecule has 1 fully saturated rings. The van der Waals surface area contributed by atoms with Gasteiger partial charge in [-0.15, -0.1) is 0 Å². The van der Waals surface area contributed by atoms with E-state index in [0.29, 0.717) is 11.4 Å². The molecule has 0 saturated carbocycles. The predicted molar refractivity (Wildman–Crippen MR) is 76.8 cm³/mol. The van der Waals surface area contributed by atoms with Crippen LogP contribution >= 0.6 is 0 Å². The SMILES string of the molecule is COc1cccc(N(CC(=O)N2CCCC2)C(C)=O)c1. The summed E-state index contributed by atoms with van der Waals surface area (Å²) in [6.07, 6.45) is 2.09. The van der Waals surface area contributed by atoms with Crippen molar-refractivity contribution in [1.82, 2.24) is 4.90 Å². The molecular weight excluding hydrogens is 256 g/mol. The van der Waals surface area contributed by atoms with Gasteiger partial charge in [0.1, 0.15) is 12.3 Å². The van der Waals surface area contributed by atoms with Crippen LogP contribution in [-0.2, 0) is 9.59 Å². The van der Waals surface area contributed by atoms with Gasteiger partial charge in [-0.3, -0.25) is 9.59 Å². The zero-order valence-electron chi connectivity index (χ0n) is 12.0. The van der Waals surface area contributed by atoms with Crippen LogP contribution in [0, 0.1) is 0 Å². The van der Waals surface area contributed by atoms with Crippen molar-refractivity contribution in [3.05, 3.63) is 24.3 Å². The lowest BCUT2D eigenvalue weighted by molar-refractivity contribution is -0.130. The number of hydrogen-bond donors (Lipinski definition) is 0. The van der Waals surface area contributed by atoms with Crippen molar-refractivity contribution in [2.75, 3.05) is 31.6 Å². The summed E-state index contributed by atoms with van der Waals surface area (Å²) in [7, 11) is 1.58. The Bertz CT molecular complexity index is 496. The number of anilines is 1. The lowest BCUT2D eigenvalue weighted by Gasteiger charge is -2.24. The molecule has 2 amide bonds. The molecule has 0 bridgehead atoms. The van der Waals surface area contributed by atoms with Crippen LogP contribution in [0.15, 0.2) is 24.3 Å². The number of carbonyl (C=O) groups is 2. The highest BCUT2D eigenvalue weighted by molar-refractivity contribution is 5.97. The number of nitrogens with zero attached hydrogens (tertiary/aromatic N) is 2.